The van der Waals surface area contributed by atoms with Crippen molar-refractivity contribution in [3.8, 4) is 11.4 Å². The molecule has 3 aromatic heterocycles. The van der Waals surface area contributed by atoms with Crippen LogP contribution in [0.3, 0.4) is 0 Å². The van der Waals surface area contributed by atoms with Crippen molar-refractivity contribution in [1.82, 2.24) is 24.9 Å². The molecule has 1 amide bonds. The summed E-state index contributed by atoms with van der Waals surface area (Å²) in [6, 6.07) is 10.2. The smallest absolute Gasteiger partial charge is 0.236 e. The van der Waals surface area contributed by atoms with Crippen LogP contribution >= 0.6 is 11.8 Å². The fourth-order valence-electron chi connectivity index (χ4n) is 3.21. The van der Waals surface area contributed by atoms with Crippen LogP contribution in [0.15, 0.2) is 46.2 Å². The van der Waals surface area contributed by atoms with Gasteiger partial charge in [0.2, 0.25) is 5.91 Å². The Hall–Kier alpha value is -3.07. The van der Waals surface area contributed by atoms with Gasteiger partial charge in [0.15, 0.2) is 16.8 Å². The first-order valence-electron chi connectivity index (χ1n) is 9.06. The Balaban J connectivity index is 1.38. The summed E-state index contributed by atoms with van der Waals surface area (Å²) in [5.41, 5.74) is 2.10. The monoisotopic (exact) mass is 394 g/mol. The van der Waals surface area contributed by atoms with Gasteiger partial charge < -0.3 is 14.8 Å². The second kappa shape index (κ2) is 6.83. The third-order valence-electron chi connectivity index (χ3n) is 4.63. The van der Waals surface area contributed by atoms with E-state index in [0.29, 0.717) is 17.6 Å². The van der Waals surface area contributed by atoms with E-state index in [1.807, 2.05) is 24.4 Å². The van der Waals surface area contributed by atoms with Crippen molar-refractivity contribution in [2.24, 2.45) is 0 Å². The van der Waals surface area contributed by atoms with E-state index in [4.69, 9.17) is 4.52 Å². The summed E-state index contributed by atoms with van der Waals surface area (Å²) in [4.78, 5) is 15.5. The number of H-pyrrole nitrogens is 1. The van der Waals surface area contributed by atoms with Crippen molar-refractivity contribution < 1.29 is 9.32 Å². The van der Waals surface area contributed by atoms with Gasteiger partial charge in [-0.1, -0.05) is 35.1 Å². The topological polar surface area (TPSA) is 102 Å². The quantitative estimate of drug-likeness (QED) is 0.483. The number of benzene rings is 1. The average Bonchev–Trinajstić information content (AvgIpc) is 3.11. The van der Waals surface area contributed by atoms with Crippen molar-refractivity contribution in [2.45, 2.75) is 31.0 Å². The van der Waals surface area contributed by atoms with Crippen LogP contribution in [0.5, 0.6) is 0 Å². The lowest BCUT2D eigenvalue weighted by Crippen LogP contribution is -2.14. The first kappa shape index (κ1) is 17.1. The van der Waals surface area contributed by atoms with Crippen molar-refractivity contribution in [2.75, 3.05) is 11.1 Å². The van der Waals surface area contributed by atoms with Crippen LogP contribution in [0.2, 0.25) is 0 Å². The molecule has 0 aliphatic heterocycles. The molecule has 1 fully saturated rings. The second-order valence-electron chi connectivity index (χ2n) is 6.81. The van der Waals surface area contributed by atoms with Gasteiger partial charge in [-0.3, -0.25) is 9.36 Å². The fraction of sp³-hybridized carbons (Fsp3) is 0.263. The van der Waals surface area contributed by atoms with Gasteiger partial charge in [-0.05, 0) is 25.8 Å². The molecule has 5 rings (SSSR count). The number of amides is 1. The fourth-order valence-corrected chi connectivity index (χ4v) is 4.02. The summed E-state index contributed by atoms with van der Waals surface area (Å²) in [7, 11) is 0. The second-order valence-corrected chi connectivity index (χ2v) is 7.76. The molecular formula is C19H18N6O2S. The minimum Gasteiger partial charge on any atom is -0.360 e. The van der Waals surface area contributed by atoms with Crippen molar-refractivity contribution in [3.63, 3.8) is 0 Å². The zero-order chi connectivity index (χ0) is 19.1. The Kier molecular flexibility index (Phi) is 4.16. The lowest BCUT2D eigenvalue weighted by molar-refractivity contribution is -0.113. The number of aromatic amines is 1. The highest BCUT2D eigenvalue weighted by Gasteiger charge is 2.31. The summed E-state index contributed by atoms with van der Waals surface area (Å²) >= 11 is 1.38. The van der Waals surface area contributed by atoms with E-state index in [1.54, 1.807) is 13.0 Å². The largest absolute Gasteiger partial charge is 0.360 e. The maximum atomic E-state index is 12.2. The molecule has 142 valence electrons. The Labute approximate surface area is 164 Å². The first-order chi connectivity index (χ1) is 13.7. The average molecular weight is 394 g/mol. The van der Waals surface area contributed by atoms with Crippen LogP contribution in [0.1, 0.15) is 24.6 Å². The molecule has 2 N–H and O–H groups in total. The van der Waals surface area contributed by atoms with Gasteiger partial charge in [0.05, 0.1) is 5.75 Å². The van der Waals surface area contributed by atoms with E-state index >= 15 is 0 Å². The molecule has 28 heavy (non-hydrogen) atoms. The van der Waals surface area contributed by atoms with Crippen LogP contribution in [0.4, 0.5) is 5.82 Å². The molecule has 9 heteroatoms. The number of rotatable bonds is 6. The first-order valence-corrected chi connectivity index (χ1v) is 10.0. The molecule has 1 aromatic carbocycles. The molecule has 0 spiro atoms. The van der Waals surface area contributed by atoms with Crippen LogP contribution in [0.25, 0.3) is 22.3 Å². The maximum Gasteiger partial charge on any atom is 0.236 e. The maximum absolute atomic E-state index is 12.2. The Morgan fingerprint density at radius 3 is 3.00 bits per heavy atom. The highest BCUT2D eigenvalue weighted by atomic mass is 32.2. The van der Waals surface area contributed by atoms with Crippen LogP contribution in [-0.2, 0) is 4.79 Å². The number of para-hydroxylation sites is 1. The zero-order valence-corrected chi connectivity index (χ0v) is 16.0. The minimum absolute atomic E-state index is 0.155. The molecular weight excluding hydrogens is 376 g/mol. The number of hydrogen-bond donors (Lipinski definition) is 2. The number of thioether (sulfide) groups is 1. The molecule has 4 aromatic rings. The number of carbonyl (C=O) groups excluding carboxylic acids is 1. The molecule has 0 radical (unpaired) electrons. The zero-order valence-electron chi connectivity index (χ0n) is 15.2. The van der Waals surface area contributed by atoms with Gasteiger partial charge in [0, 0.05) is 34.8 Å². The standard InChI is InChI=1S/C19H18N6O2S/c1-11-8-16(24-27-11)21-17(26)10-28-19-23-22-18(25(19)12-6-7-12)14-9-20-15-5-3-2-4-13(14)15/h2-5,8-9,12,20H,6-7,10H2,1H3,(H,21,24,26). The van der Waals surface area contributed by atoms with E-state index in [-0.39, 0.29) is 11.7 Å². The van der Waals surface area contributed by atoms with Crippen molar-refractivity contribution >= 4 is 34.4 Å². The number of fused-ring (bicyclic) bond motifs is 1. The lowest BCUT2D eigenvalue weighted by Gasteiger charge is -2.08. The number of aryl methyl sites for hydroxylation is 1. The van der Waals surface area contributed by atoms with Gasteiger partial charge in [-0.2, -0.15) is 0 Å². The molecule has 0 bridgehead atoms. The summed E-state index contributed by atoms with van der Waals surface area (Å²) in [5, 5.41) is 17.2. The predicted molar refractivity (Wildman–Crippen MR) is 106 cm³/mol. The Bertz CT molecular complexity index is 1160. The van der Waals surface area contributed by atoms with Gasteiger partial charge >= 0.3 is 0 Å². The molecule has 0 unspecified atom stereocenters. The third-order valence-corrected chi connectivity index (χ3v) is 5.58. The van der Waals surface area contributed by atoms with E-state index in [0.717, 1.165) is 40.3 Å². The van der Waals surface area contributed by atoms with Gasteiger partial charge in [0.1, 0.15) is 5.76 Å². The number of nitrogens with zero attached hydrogens (tertiary/aromatic N) is 4. The minimum atomic E-state index is -0.155. The van der Waals surface area contributed by atoms with Crippen molar-refractivity contribution in [3.05, 3.63) is 42.3 Å². The number of anilines is 1. The summed E-state index contributed by atoms with van der Waals surface area (Å²) in [6.45, 7) is 1.78. The van der Waals surface area contributed by atoms with E-state index < -0.39 is 0 Å². The van der Waals surface area contributed by atoms with E-state index in [9.17, 15) is 4.79 Å². The summed E-state index contributed by atoms with van der Waals surface area (Å²) < 4.78 is 7.13. The van der Waals surface area contributed by atoms with Gasteiger partial charge in [0.25, 0.3) is 0 Å². The van der Waals surface area contributed by atoms with Crippen LogP contribution < -0.4 is 5.32 Å². The SMILES string of the molecule is Cc1cc(NC(=O)CSc2nnc(-c3c[nH]c4ccccc34)n2C2CC2)no1. The van der Waals surface area contributed by atoms with Gasteiger partial charge in [-0.25, -0.2) is 0 Å². The molecule has 1 aliphatic carbocycles. The van der Waals surface area contributed by atoms with Crippen molar-refractivity contribution in [1.29, 1.82) is 0 Å². The Morgan fingerprint density at radius 2 is 2.21 bits per heavy atom. The summed E-state index contributed by atoms with van der Waals surface area (Å²) in [6.07, 6.45) is 4.18. The lowest BCUT2D eigenvalue weighted by atomic mass is 10.1. The predicted octanol–water partition coefficient (Wildman–Crippen LogP) is 3.79. The highest BCUT2D eigenvalue weighted by Crippen LogP contribution is 2.42. The molecule has 3 heterocycles. The highest BCUT2D eigenvalue weighted by molar-refractivity contribution is 7.99. The number of aromatic nitrogens is 5. The molecule has 1 saturated carbocycles. The third kappa shape index (κ3) is 3.18. The Morgan fingerprint density at radius 1 is 1.36 bits per heavy atom. The summed E-state index contributed by atoms with van der Waals surface area (Å²) in [5.74, 6) is 1.99. The number of carbonyl (C=O) groups is 1. The number of hydrogen-bond acceptors (Lipinski definition) is 6. The molecule has 1 aliphatic rings. The number of nitrogens with one attached hydrogen (secondary N) is 2. The van der Waals surface area contributed by atoms with Crippen LogP contribution in [0, 0.1) is 6.92 Å². The molecule has 0 atom stereocenters. The normalized spacial score (nSPS) is 13.9. The van der Waals surface area contributed by atoms with Gasteiger partial charge in [-0.15, -0.1) is 10.2 Å². The molecule has 0 saturated heterocycles. The molecule has 8 nitrogen and oxygen atoms in total. The van der Waals surface area contributed by atoms with E-state index in [1.165, 1.54) is 11.8 Å². The van der Waals surface area contributed by atoms with E-state index in [2.05, 4.69) is 36.3 Å². The van der Waals surface area contributed by atoms with Crippen LogP contribution in [-0.4, -0.2) is 36.6 Å².